The Kier molecular flexibility index (Phi) is 4.74. The highest BCUT2D eigenvalue weighted by molar-refractivity contribution is 5.87. The Labute approximate surface area is 92.4 Å². The first kappa shape index (κ1) is 12.7. The normalized spacial score (nSPS) is 22.3. The van der Waals surface area contributed by atoms with Gasteiger partial charge in [0.05, 0.1) is 0 Å². The molecule has 0 bridgehead atoms. The number of Topliss-reactive ketones (excluding diaryl/α,β-unsaturated/α-hetero) is 1. The molecule has 0 aromatic heterocycles. The van der Waals surface area contributed by atoms with Gasteiger partial charge in [-0.25, -0.2) is 0 Å². The van der Waals surface area contributed by atoms with E-state index in [2.05, 4.69) is 6.92 Å². The summed E-state index contributed by atoms with van der Waals surface area (Å²) in [6.45, 7) is 5.98. The summed E-state index contributed by atoms with van der Waals surface area (Å²) in [5.41, 5.74) is 5.51. The Morgan fingerprint density at radius 3 is 2.53 bits per heavy atom. The maximum atomic E-state index is 12.3. The van der Waals surface area contributed by atoms with Crippen molar-refractivity contribution in [2.75, 3.05) is 19.8 Å². The second-order valence-electron chi connectivity index (χ2n) is 4.65. The summed E-state index contributed by atoms with van der Waals surface area (Å²) in [6, 6.07) is 0. The molecule has 1 unspecified atom stereocenters. The van der Waals surface area contributed by atoms with E-state index in [1.165, 1.54) is 0 Å². The van der Waals surface area contributed by atoms with E-state index < -0.39 is 0 Å². The molecule has 3 heteroatoms. The van der Waals surface area contributed by atoms with Gasteiger partial charge in [0.25, 0.3) is 0 Å². The fourth-order valence-electron chi connectivity index (χ4n) is 2.40. The fraction of sp³-hybridized carbons (Fsp3) is 0.917. The van der Waals surface area contributed by atoms with Crippen LogP contribution in [-0.2, 0) is 9.53 Å². The average Bonchev–Trinajstić information content (AvgIpc) is 2.29. The lowest BCUT2D eigenvalue weighted by Gasteiger charge is -2.36. The summed E-state index contributed by atoms with van der Waals surface area (Å²) in [5, 5.41) is 0. The largest absolute Gasteiger partial charge is 0.381 e. The summed E-state index contributed by atoms with van der Waals surface area (Å²) in [7, 11) is 0. The van der Waals surface area contributed by atoms with Gasteiger partial charge in [0, 0.05) is 31.1 Å². The van der Waals surface area contributed by atoms with Gasteiger partial charge < -0.3 is 10.5 Å². The Morgan fingerprint density at radius 2 is 2.07 bits per heavy atom. The SMILES string of the molecule is CCCC(C)C(=O)C1(CN)CCOCC1. The van der Waals surface area contributed by atoms with Gasteiger partial charge in [0.2, 0.25) is 0 Å². The zero-order valence-corrected chi connectivity index (χ0v) is 9.92. The Hall–Kier alpha value is -0.410. The van der Waals surface area contributed by atoms with Crippen LogP contribution >= 0.6 is 0 Å². The molecule has 15 heavy (non-hydrogen) atoms. The molecule has 0 saturated carbocycles. The number of hydrogen-bond donors (Lipinski definition) is 1. The van der Waals surface area contributed by atoms with Crippen LogP contribution in [0.3, 0.4) is 0 Å². The van der Waals surface area contributed by atoms with Crippen molar-refractivity contribution in [1.82, 2.24) is 0 Å². The number of carbonyl (C=O) groups is 1. The van der Waals surface area contributed by atoms with Crippen molar-refractivity contribution in [3.8, 4) is 0 Å². The molecule has 1 aliphatic rings. The molecular formula is C12H23NO2. The van der Waals surface area contributed by atoms with Crippen molar-refractivity contribution >= 4 is 5.78 Å². The molecule has 1 atom stereocenters. The van der Waals surface area contributed by atoms with E-state index >= 15 is 0 Å². The quantitative estimate of drug-likeness (QED) is 0.757. The summed E-state index contributed by atoms with van der Waals surface area (Å²) >= 11 is 0. The summed E-state index contributed by atoms with van der Waals surface area (Å²) in [6.07, 6.45) is 3.64. The van der Waals surface area contributed by atoms with Gasteiger partial charge in [-0.15, -0.1) is 0 Å². The van der Waals surface area contributed by atoms with Crippen LogP contribution in [0.2, 0.25) is 0 Å². The fourth-order valence-corrected chi connectivity index (χ4v) is 2.40. The number of ether oxygens (including phenoxy) is 1. The smallest absolute Gasteiger partial charge is 0.143 e. The lowest BCUT2D eigenvalue weighted by molar-refractivity contribution is -0.137. The van der Waals surface area contributed by atoms with E-state index in [0.717, 1.165) is 25.7 Å². The van der Waals surface area contributed by atoms with Crippen molar-refractivity contribution in [3.05, 3.63) is 0 Å². The molecule has 1 fully saturated rings. The minimum Gasteiger partial charge on any atom is -0.381 e. The predicted octanol–water partition coefficient (Wildman–Crippen LogP) is 1.75. The predicted molar refractivity (Wildman–Crippen MR) is 60.6 cm³/mol. The highest BCUT2D eigenvalue weighted by Crippen LogP contribution is 2.34. The van der Waals surface area contributed by atoms with Crippen LogP contribution in [0.4, 0.5) is 0 Å². The van der Waals surface area contributed by atoms with E-state index in [0.29, 0.717) is 25.5 Å². The molecule has 3 nitrogen and oxygen atoms in total. The van der Waals surface area contributed by atoms with Crippen LogP contribution < -0.4 is 5.73 Å². The lowest BCUT2D eigenvalue weighted by atomic mass is 9.72. The summed E-state index contributed by atoms with van der Waals surface area (Å²) in [5.74, 6) is 0.506. The summed E-state index contributed by atoms with van der Waals surface area (Å²) in [4.78, 5) is 12.3. The van der Waals surface area contributed by atoms with Gasteiger partial charge in [-0.05, 0) is 19.3 Å². The molecule has 2 N–H and O–H groups in total. The highest BCUT2D eigenvalue weighted by atomic mass is 16.5. The van der Waals surface area contributed by atoms with Crippen LogP contribution in [0, 0.1) is 11.3 Å². The van der Waals surface area contributed by atoms with Crippen molar-refractivity contribution < 1.29 is 9.53 Å². The van der Waals surface area contributed by atoms with Crippen LogP contribution in [0.25, 0.3) is 0 Å². The molecule has 1 rings (SSSR count). The number of ketones is 1. The molecule has 0 aromatic carbocycles. The van der Waals surface area contributed by atoms with E-state index in [9.17, 15) is 4.79 Å². The number of carbonyl (C=O) groups excluding carboxylic acids is 1. The first-order chi connectivity index (χ1) is 7.16. The molecular weight excluding hydrogens is 190 g/mol. The Morgan fingerprint density at radius 1 is 1.47 bits per heavy atom. The van der Waals surface area contributed by atoms with Crippen molar-refractivity contribution in [3.63, 3.8) is 0 Å². The molecule has 0 aliphatic carbocycles. The lowest BCUT2D eigenvalue weighted by Crippen LogP contribution is -2.45. The monoisotopic (exact) mass is 213 g/mol. The standard InChI is InChI=1S/C12H23NO2/c1-3-4-10(2)11(14)12(9-13)5-7-15-8-6-12/h10H,3-9,13H2,1-2H3. The van der Waals surface area contributed by atoms with Crippen molar-refractivity contribution in [1.29, 1.82) is 0 Å². The van der Waals surface area contributed by atoms with Crippen LogP contribution in [-0.4, -0.2) is 25.5 Å². The zero-order chi connectivity index (χ0) is 11.3. The maximum absolute atomic E-state index is 12.3. The second kappa shape index (κ2) is 5.61. The first-order valence-electron chi connectivity index (χ1n) is 5.98. The van der Waals surface area contributed by atoms with Gasteiger partial charge in [-0.3, -0.25) is 4.79 Å². The van der Waals surface area contributed by atoms with Gasteiger partial charge in [-0.1, -0.05) is 20.3 Å². The van der Waals surface area contributed by atoms with Crippen molar-refractivity contribution in [2.45, 2.75) is 39.5 Å². The Balaban J connectivity index is 2.67. The number of hydrogen-bond acceptors (Lipinski definition) is 3. The molecule has 0 radical (unpaired) electrons. The third kappa shape index (κ3) is 2.79. The average molecular weight is 213 g/mol. The molecule has 0 spiro atoms. The van der Waals surface area contributed by atoms with Gasteiger partial charge in [0.15, 0.2) is 0 Å². The van der Waals surface area contributed by atoms with E-state index in [-0.39, 0.29) is 11.3 Å². The third-order valence-corrected chi connectivity index (χ3v) is 3.53. The van der Waals surface area contributed by atoms with Crippen LogP contribution in [0.1, 0.15) is 39.5 Å². The van der Waals surface area contributed by atoms with E-state index in [1.54, 1.807) is 0 Å². The Bertz CT molecular complexity index is 210. The molecule has 0 amide bonds. The first-order valence-corrected chi connectivity index (χ1v) is 5.98. The van der Waals surface area contributed by atoms with Crippen LogP contribution in [0.5, 0.6) is 0 Å². The number of nitrogens with two attached hydrogens (primary N) is 1. The molecule has 88 valence electrons. The minimum absolute atomic E-state index is 0.150. The van der Waals surface area contributed by atoms with Gasteiger partial charge >= 0.3 is 0 Å². The highest BCUT2D eigenvalue weighted by Gasteiger charge is 2.40. The van der Waals surface area contributed by atoms with Crippen molar-refractivity contribution in [2.24, 2.45) is 17.1 Å². The topological polar surface area (TPSA) is 52.3 Å². The van der Waals surface area contributed by atoms with Gasteiger partial charge in [-0.2, -0.15) is 0 Å². The van der Waals surface area contributed by atoms with E-state index in [1.807, 2.05) is 6.92 Å². The summed E-state index contributed by atoms with van der Waals surface area (Å²) < 4.78 is 5.31. The molecule has 1 saturated heterocycles. The third-order valence-electron chi connectivity index (χ3n) is 3.53. The van der Waals surface area contributed by atoms with Gasteiger partial charge in [0.1, 0.15) is 5.78 Å². The van der Waals surface area contributed by atoms with E-state index in [4.69, 9.17) is 10.5 Å². The molecule has 0 aromatic rings. The minimum atomic E-state index is -0.285. The molecule has 1 aliphatic heterocycles. The maximum Gasteiger partial charge on any atom is 0.143 e. The zero-order valence-electron chi connectivity index (χ0n) is 9.92. The second-order valence-corrected chi connectivity index (χ2v) is 4.65. The molecule has 1 heterocycles. The van der Waals surface area contributed by atoms with Crippen LogP contribution in [0.15, 0.2) is 0 Å². The number of rotatable bonds is 5.